The van der Waals surface area contributed by atoms with Crippen molar-refractivity contribution >= 4 is 11.8 Å². The smallest absolute Gasteiger partial charge is 0.352 e. The normalized spacial score (nSPS) is 18.6. The van der Waals surface area contributed by atoms with Crippen molar-refractivity contribution < 1.29 is 22.8 Å². The van der Waals surface area contributed by atoms with Crippen molar-refractivity contribution in [3.63, 3.8) is 0 Å². The van der Waals surface area contributed by atoms with Crippen LogP contribution >= 0.6 is 0 Å². The van der Waals surface area contributed by atoms with E-state index >= 15 is 0 Å². The van der Waals surface area contributed by atoms with E-state index in [1.165, 1.54) is 0 Å². The number of carbonyl (C=O) groups excluding carboxylic acids is 2. The summed E-state index contributed by atoms with van der Waals surface area (Å²) in [6.45, 7) is 5.80. The molecule has 0 aromatic heterocycles. The fourth-order valence-electron chi connectivity index (χ4n) is 3.56. The Morgan fingerprint density at radius 3 is 2.41 bits per heavy atom. The highest BCUT2D eigenvalue weighted by Crippen LogP contribution is 2.26. The molecular formula is C19H26F3N3O2. The molecule has 1 aromatic carbocycles. The number of carbonyl (C=O) groups is 2. The summed E-state index contributed by atoms with van der Waals surface area (Å²) in [4.78, 5) is 26.9. The van der Waals surface area contributed by atoms with Crippen LogP contribution in [0.15, 0.2) is 30.3 Å². The summed E-state index contributed by atoms with van der Waals surface area (Å²) in [6.07, 6.45) is -4.33. The number of likely N-dealkylation sites (tertiary alicyclic amines) is 1. The Balaban J connectivity index is 2.08. The van der Waals surface area contributed by atoms with Gasteiger partial charge in [0.05, 0.1) is 6.04 Å². The lowest BCUT2D eigenvalue weighted by atomic mass is 10.0. The molecule has 0 saturated carbocycles. The van der Waals surface area contributed by atoms with Crippen molar-refractivity contribution in [2.45, 2.75) is 44.9 Å². The Morgan fingerprint density at radius 1 is 1.22 bits per heavy atom. The summed E-state index contributed by atoms with van der Waals surface area (Å²) in [7, 11) is 0. The van der Waals surface area contributed by atoms with Crippen molar-refractivity contribution in [3.05, 3.63) is 35.9 Å². The number of likely N-dealkylation sites (N-methyl/N-ethyl adjacent to an activating group) is 1. The van der Waals surface area contributed by atoms with Crippen molar-refractivity contribution in [2.75, 3.05) is 26.2 Å². The third-order valence-electron chi connectivity index (χ3n) is 4.97. The van der Waals surface area contributed by atoms with E-state index in [4.69, 9.17) is 0 Å². The Bertz CT molecular complexity index is 633. The van der Waals surface area contributed by atoms with Crippen molar-refractivity contribution in [2.24, 2.45) is 0 Å². The predicted octanol–water partition coefficient (Wildman–Crippen LogP) is 2.74. The molecule has 0 spiro atoms. The highest BCUT2D eigenvalue weighted by Gasteiger charge is 2.47. The number of rotatable bonds is 7. The minimum atomic E-state index is -4.96. The lowest BCUT2D eigenvalue weighted by molar-refractivity contribution is -0.186. The summed E-state index contributed by atoms with van der Waals surface area (Å²) in [5.41, 5.74) is 1.02. The van der Waals surface area contributed by atoms with Crippen molar-refractivity contribution in [3.8, 4) is 0 Å². The molecule has 1 aliphatic heterocycles. The number of amides is 2. The number of hydrogen-bond acceptors (Lipinski definition) is 3. The van der Waals surface area contributed by atoms with E-state index < -0.39 is 24.0 Å². The molecule has 5 nitrogen and oxygen atoms in total. The van der Waals surface area contributed by atoms with Gasteiger partial charge in [0.2, 0.25) is 5.91 Å². The number of alkyl halides is 3. The zero-order chi connectivity index (χ0) is 20.0. The molecule has 2 rings (SSSR count). The van der Waals surface area contributed by atoms with Gasteiger partial charge in [0.25, 0.3) is 0 Å². The van der Waals surface area contributed by atoms with Crippen LogP contribution in [-0.2, 0) is 9.59 Å². The molecule has 1 heterocycles. The van der Waals surface area contributed by atoms with E-state index in [1.54, 1.807) is 0 Å². The molecular weight excluding hydrogens is 359 g/mol. The Kier molecular flexibility index (Phi) is 7.24. The van der Waals surface area contributed by atoms with Crippen LogP contribution in [0.2, 0.25) is 0 Å². The first-order valence-corrected chi connectivity index (χ1v) is 9.24. The zero-order valence-corrected chi connectivity index (χ0v) is 15.6. The van der Waals surface area contributed by atoms with Crippen LogP contribution in [-0.4, -0.2) is 60.0 Å². The van der Waals surface area contributed by atoms with E-state index in [0.29, 0.717) is 11.3 Å². The minimum absolute atomic E-state index is 0.0470. The third-order valence-corrected chi connectivity index (χ3v) is 4.97. The first-order chi connectivity index (χ1) is 12.8. The van der Waals surface area contributed by atoms with E-state index in [-0.39, 0.29) is 25.6 Å². The molecule has 0 aliphatic carbocycles. The number of benzene rings is 1. The van der Waals surface area contributed by atoms with Gasteiger partial charge in [-0.05, 0) is 31.5 Å². The van der Waals surface area contributed by atoms with Crippen LogP contribution < -0.4 is 5.32 Å². The van der Waals surface area contributed by atoms with Gasteiger partial charge in [-0.2, -0.15) is 13.2 Å². The zero-order valence-electron chi connectivity index (χ0n) is 15.6. The van der Waals surface area contributed by atoms with Gasteiger partial charge >= 0.3 is 12.1 Å². The number of nitrogens with one attached hydrogen (secondary N) is 1. The van der Waals surface area contributed by atoms with Gasteiger partial charge in [0.1, 0.15) is 6.04 Å². The fourth-order valence-corrected chi connectivity index (χ4v) is 3.56. The highest BCUT2D eigenvalue weighted by molar-refractivity contribution is 5.90. The van der Waals surface area contributed by atoms with Crippen LogP contribution in [0.4, 0.5) is 13.2 Å². The van der Waals surface area contributed by atoms with Gasteiger partial charge in [0.15, 0.2) is 0 Å². The average molecular weight is 385 g/mol. The van der Waals surface area contributed by atoms with Gasteiger partial charge in [-0.15, -0.1) is 0 Å². The molecule has 1 saturated heterocycles. The third kappa shape index (κ3) is 5.22. The Labute approximate surface area is 157 Å². The van der Waals surface area contributed by atoms with E-state index in [0.717, 1.165) is 18.7 Å². The lowest BCUT2D eigenvalue weighted by Crippen LogP contribution is -2.51. The molecule has 1 aromatic rings. The standard InChI is InChI=1S/C19H26F3N3O2/c1-3-24(4-2)16(14-9-6-5-7-10-14)13-23-17(26)15-11-8-12-25(15)18(27)19(20,21)22/h5-7,9-10,15-16H,3-4,8,11-13H2,1-2H3,(H,23,26). The summed E-state index contributed by atoms with van der Waals surface area (Å²) in [5.74, 6) is -2.47. The summed E-state index contributed by atoms with van der Waals surface area (Å²) in [6, 6.07) is 8.50. The van der Waals surface area contributed by atoms with Gasteiger partial charge < -0.3 is 10.2 Å². The highest BCUT2D eigenvalue weighted by atomic mass is 19.4. The van der Waals surface area contributed by atoms with Crippen LogP contribution in [0.5, 0.6) is 0 Å². The molecule has 1 N–H and O–H groups in total. The van der Waals surface area contributed by atoms with E-state index in [2.05, 4.69) is 10.2 Å². The van der Waals surface area contributed by atoms with Gasteiger partial charge in [-0.3, -0.25) is 14.5 Å². The second-order valence-corrected chi connectivity index (χ2v) is 6.55. The lowest BCUT2D eigenvalue weighted by Gasteiger charge is -2.31. The fraction of sp³-hybridized carbons (Fsp3) is 0.579. The largest absolute Gasteiger partial charge is 0.471 e. The summed E-state index contributed by atoms with van der Waals surface area (Å²) < 4.78 is 38.2. The number of nitrogens with zero attached hydrogens (tertiary/aromatic N) is 2. The maximum Gasteiger partial charge on any atom is 0.471 e. The topological polar surface area (TPSA) is 52.7 Å². The van der Waals surface area contributed by atoms with Gasteiger partial charge in [0, 0.05) is 13.1 Å². The summed E-state index contributed by atoms with van der Waals surface area (Å²) in [5, 5.41) is 2.77. The molecule has 2 amide bonds. The molecule has 0 bridgehead atoms. The molecule has 1 fully saturated rings. The van der Waals surface area contributed by atoms with Crippen molar-refractivity contribution in [1.29, 1.82) is 0 Å². The molecule has 8 heteroatoms. The van der Waals surface area contributed by atoms with Crippen LogP contribution in [0.1, 0.15) is 38.3 Å². The van der Waals surface area contributed by atoms with Crippen molar-refractivity contribution in [1.82, 2.24) is 15.1 Å². The first-order valence-electron chi connectivity index (χ1n) is 9.24. The van der Waals surface area contributed by atoms with Crippen LogP contribution in [0, 0.1) is 0 Å². The number of hydrogen-bond donors (Lipinski definition) is 1. The predicted molar refractivity (Wildman–Crippen MR) is 95.9 cm³/mol. The average Bonchev–Trinajstić information content (AvgIpc) is 3.13. The maximum absolute atomic E-state index is 12.7. The molecule has 2 atom stereocenters. The Hall–Kier alpha value is -2.09. The Morgan fingerprint density at radius 2 is 1.85 bits per heavy atom. The van der Waals surface area contributed by atoms with E-state index in [1.807, 2.05) is 44.2 Å². The van der Waals surface area contributed by atoms with E-state index in [9.17, 15) is 22.8 Å². The molecule has 150 valence electrons. The maximum atomic E-state index is 12.7. The van der Waals surface area contributed by atoms with Crippen LogP contribution in [0.25, 0.3) is 0 Å². The summed E-state index contributed by atoms with van der Waals surface area (Å²) >= 11 is 0. The molecule has 27 heavy (non-hydrogen) atoms. The molecule has 0 radical (unpaired) electrons. The van der Waals surface area contributed by atoms with Gasteiger partial charge in [-0.25, -0.2) is 0 Å². The first kappa shape index (κ1) is 21.2. The molecule has 1 aliphatic rings. The van der Waals surface area contributed by atoms with Gasteiger partial charge in [-0.1, -0.05) is 44.2 Å². The molecule has 2 unspecified atom stereocenters. The monoisotopic (exact) mass is 385 g/mol. The SMILES string of the molecule is CCN(CC)C(CNC(=O)C1CCCN1C(=O)C(F)(F)F)c1ccccc1. The second-order valence-electron chi connectivity index (χ2n) is 6.55. The minimum Gasteiger partial charge on any atom is -0.352 e. The van der Waals surface area contributed by atoms with Crippen LogP contribution in [0.3, 0.4) is 0 Å². The quantitative estimate of drug-likeness (QED) is 0.785. The second kappa shape index (κ2) is 9.21. The number of halogens is 3.